The molecule has 2 rings (SSSR count). The molecule has 0 spiro atoms. The molecule has 1 aromatic heterocycles. The van der Waals surface area contributed by atoms with Crippen LogP contribution < -0.4 is 5.73 Å². The molecule has 1 heterocycles. The second kappa shape index (κ2) is 5.57. The van der Waals surface area contributed by atoms with Crippen molar-refractivity contribution in [3.8, 4) is 0 Å². The van der Waals surface area contributed by atoms with Gasteiger partial charge < -0.3 is 5.73 Å². The molecule has 0 amide bonds. The molecule has 3 heteroatoms. The molecule has 0 aliphatic heterocycles. The largest absolute Gasteiger partial charge is 0.319 e. The number of benzene rings is 1. The normalized spacial score (nSPS) is 12.7. The van der Waals surface area contributed by atoms with Gasteiger partial charge in [0.2, 0.25) is 0 Å². The highest BCUT2D eigenvalue weighted by molar-refractivity contribution is 5.37. The summed E-state index contributed by atoms with van der Waals surface area (Å²) in [6.07, 6.45) is 0.944. The molecule has 2 N–H and O–H groups in total. The van der Waals surface area contributed by atoms with E-state index in [2.05, 4.69) is 57.1 Å². The van der Waals surface area contributed by atoms with Crippen LogP contribution in [0.5, 0.6) is 0 Å². The highest BCUT2D eigenvalue weighted by Gasteiger charge is 2.17. The number of aryl methyl sites for hydroxylation is 4. The average Bonchev–Trinajstić information content (AvgIpc) is 2.84. The van der Waals surface area contributed by atoms with Crippen molar-refractivity contribution in [3.05, 3.63) is 52.3 Å². The second-order valence-corrected chi connectivity index (χ2v) is 5.07. The minimum atomic E-state index is -0.104. The van der Waals surface area contributed by atoms with E-state index in [-0.39, 0.29) is 6.04 Å². The van der Waals surface area contributed by atoms with Crippen LogP contribution in [0.25, 0.3) is 0 Å². The van der Waals surface area contributed by atoms with Crippen LogP contribution in [0.15, 0.2) is 24.3 Å². The summed E-state index contributed by atoms with van der Waals surface area (Å²) in [6, 6.07) is 8.47. The first-order valence-electron chi connectivity index (χ1n) is 6.96. The lowest BCUT2D eigenvalue weighted by atomic mass is 9.97. The van der Waals surface area contributed by atoms with Crippen molar-refractivity contribution < 1.29 is 0 Å². The third-order valence-corrected chi connectivity index (χ3v) is 3.61. The summed E-state index contributed by atoms with van der Waals surface area (Å²) >= 11 is 0. The minimum Gasteiger partial charge on any atom is -0.319 e. The summed E-state index contributed by atoms with van der Waals surface area (Å²) in [5.74, 6) is 0. The standard InChI is InChI=1S/C16H23N3/c1-5-13-10-15(19(6-2)18-13)16(17)14-9-11(3)7-8-12(14)4/h7-10,16H,5-6,17H2,1-4H3. The predicted octanol–water partition coefficient (Wildman–Crippen LogP) is 3.13. The number of rotatable bonds is 4. The smallest absolute Gasteiger partial charge is 0.0726 e. The molecule has 0 fully saturated rings. The fraction of sp³-hybridized carbons (Fsp3) is 0.438. The Hall–Kier alpha value is -1.61. The monoisotopic (exact) mass is 257 g/mol. The van der Waals surface area contributed by atoms with Crippen molar-refractivity contribution in [3.63, 3.8) is 0 Å². The molecule has 3 nitrogen and oxygen atoms in total. The predicted molar refractivity (Wildman–Crippen MR) is 79.2 cm³/mol. The zero-order chi connectivity index (χ0) is 14.0. The molecule has 0 bridgehead atoms. The fourth-order valence-electron chi connectivity index (χ4n) is 2.42. The average molecular weight is 257 g/mol. The molecule has 0 radical (unpaired) electrons. The van der Waals surface area contributed by atoms with Gasteiger partial charge in [0.1, 0.15) is 0 Å². The zero-order valence-corrected chi connectivity index (χ0v) is 12.3. The van der Waals surface area contributed by atoms with Gasteiger partial charge in [-0.15, -0.1) is 0 Å². The highest BCUT2D eigenvalue weighted by Crippen LogP contribution is 2.24. The number of nitrogens with two attached hydrogens (primary N) is 1. The van der Waals surface area contributed by atoms with Gasteiger partial charge in [-0.05, 0) is 44.4 Å². The van der Waals surface area contributed by atoms with Crippen LogP contribution in [-0.4, -0.2) is 9.78 Å². The first-order valence-corrected chi connectivity index (χ1v) is 6.96. The van der Waals surface area contributed by atoms with E-state index >= 15 is 0 Å². The molecular weight excluding hydrogens is 234 g/mol. The molecule has 1 aromatic carbocycles. The van der Waals surface area contributed by atoms with Gasteiger partial charge in [-0.1, -0.05) is 30.7 Å². The Morgan fingerprint density at radius 1 is 1.21 bits per heavy atom. The summed E-state index contributed by atoms with van der Waals surface area (Å²) < 4.78 is 2.02. The third-order valence-electron chi connectivity index (χ3n) is 3.61. The summed E-state index contributed by atoms with van der Waals surface area (Å²) in [5, 5.41) is 4.58. The van der Waals surface area contributed by atoms with Crippen LogP contribution in [0.1, 0.15) is 48.0 Å². The van der Waals surface area contributed by atoms with E-state index in [0.717, 1.165) is 24.4 Å². The Balaban J connectivity index is 2.45. The van der Waals surface area contributed by atoms with E-state index in [1.54, 1.807) is 0 Å². The van der Waals surface area contributed by atoms with Gasteiger partial charge in [0, 0.05) is 6.54 Å². The van der Waals surface area contributed by atoms with Gasteiger partial charge in [0.15, 0.2) is 0 Å². The van der Waals surface area contributed by atoms with Crippen molar-refractivity contribution in [2.24, 2.45) is 5.73 Å². The van der Waals surface area contributed by atoms with Crippen molar-refractivity contribution in [2.45, 2.75) is 46.7 Å². The molecule has 19 heavy (non-hydrogen) atoms. The molecular formula is C16H23N3. The van der Waals surface area contributed by atoms with Crippen LogP contribution in [0.2, 0.25) is 0 Å². The van der Waals surface area contributed by atoms with Gasteiger partial charge in [0.05, 0.1) is 17.4 Å². The number of nitrogens with zero attached hydrogens (tertiary/aromatic N) is 2. The Morgan fingerprint density at radius 2 is 1.95 bits per heavy atom. The summed E-state index contributed by atoms with van der Waals surface area (Å²) in [5.41, 5.74) is 12.4. The fourth-order valence-corrected chi connectivity index (χ4v) is 2.42. The molecule has 1 atom stereocenters. The first kappa shape index (κ1) is 13.8. The molecule has 102 valence electrons. The van der Waals surface area contributed by atoms with Crippen molar-refractivity contribution >= 4 is 0 Å². The highest BCUT2D eigenvalue weighted by atomic mass is 15.3. The van der Waals surface area contributed by atoms with E-state index < -0.39 is 0 Å². The van der Waals surface area contributed by atoms with Gasteiger partial charge in [0.25, 0.3) is 0 Å². The Kier molecular flexibility index (Phi) is 4.05. The van der Waals surface area contributed by atoms with Crippen molar-refractivity contribution in [1.82, 2.24) is 9.78 Å². The van der Waals surface area contributed by atoms with Gasteiger partial charge in [-0.3, -0.25) is 4.68 Å². The molecule has 0 aliphatic rings. The SMILES string of the molecule is CCc1cc(C(N)c2cc(C)ccc2C)n(CC)n1. The van der Waals surface area contributed by atoms with E-state index in [1.165, 1.54) is 16.7 Å². The number of aromatic nitrogens is 2. The van der Waals surface area contributed by atoms with Crippen LogP contribution in [0, 0.1) is 13.8 Å². The Morgan fingerprint density at radius 3 is 2.58 bits per heavy atom. The summed E-state index contributed by atoms with van der Waals surface area (Å²) in [4.78, 5) is 0. The van der Waals surface area contributed by atoms with Crippen molar-refractivity contribution in [2.75, 3.05) is 0 Å². The van der Waals surface area contributed by atoms with Gasteiger partial charge in [-0.2, -0.15) is 5.10 Å². The summed E-state index contributed by atoms with van der Waals surface area (Å²) in [7, 11) is 0. The van der Waals surface area contributed by atoms with Crippen molar-refractivity contribution in [1.29, 1.82) is 0 Å². The first-order chi connectivity index (χ1) is 9.06. The number of hydrogen-bond donors (Lipinski definition) is 1. The lowest BCUT2D eigenvalue weighted by Crippen LogP contribution is -2.18. The lowest BCUT2D eigenvalue weighted by Gasteiger charge is -2.16. The van der Waals surface area contributed by atoms with Crippen LogP contribution in [0.4, 0.5) is 0 Å². The molecule has 0 saturated heterocycles. The van der Waals surface area contributed by atoms with Crippen LogP contribution >= 0.6 is 0 Å². The topological polar surface area (TPSA) is 43.8 Å². The molecule has 0 saturated carbocycles. The van der Waals surface area contributed by atoms with Crippen LogP contribution in [-0.2, 0) is 13.0 Å². The maximum Gasteiger partial charge on any atom is 0.0726 e. The van der Waals surface area contributed by atoms with Gasteiger partial charge in [-0.25, -0.2) is 0 Å². The van der Waals surface area contributed by atoms with E-state index in [4.69, 9.17) is 5.73 Å². The van der Waals surface area contributed by atoms with Gasteiger partial charge >= 0.3 is 0 Å². The number of hydrogen-bond acceptors (Lipinski definition) is 2. The maximum atomic E-state index is 6.47. The molecule has 0 aliphatic carbocycles. The summed E-state index contributed by atoms with van der Waals surface area (Å²) in [6.45, 7) is 9.29. The maximum absolute atomic E-state index is 6.47. The lowest BCUT2D eigenvalue weighted by molar-refractivity contribution is 0.594. The van der Waals surface area contributed by atoms with Crippen LogP contribution in [0.3, 0.4) is 0 Å². The third kappa shape index (κ3) is 2.71. The second-order valence-electron chi connectivity index (χ2n) is 5.07. The van der Waals surface area contributed by atoms with E-state index in [0.29, 0.717) is 0 Å². The Labute approximate surface area is 115 Å². The zero-order valence-electron chi connectivity index (χ0n) is 12.3. The Bertz CT molecular complexity index is 569. The van der Waals surface area contributed by atoms with E-state index in [1.807, 2.05) is 4.68 Å². The molecule has 1 unspecified atom stereocenters. The van der Waals surface area contributed by atoms with E-state index in [9.17, 15) is 0 Å². The minimum absolute atomic E-state index is 0.104. The quantitative estimate of drug-likeness (QED) is 0.914. The molecule has 2 aromatic rings.